The Morgan fingerprint density at radius 2 is 0.889 bits per heavy atom. The van der Waals surface area contributed by atoms with Crippen LogP contribution in [0.15, 0.2) is 14.4 Å². The molecule has 6 nitrogen and oxygen atoms in total. The van der Waals surface area contributed by atoms with Crippen LogP contribution in [0.3, 0.4) is 0 Å². The lowest BCUT2D eigenvalue weighted by Gasteiger charge is -1.77. The van der Waals surface area contributed by atoms with Gasteiger partial charge in [0.05, 0.1) is 0 Å². The Labute approximate surface area is 47.6 Å². The van der Waals surface area contributed by atoms with Gasteiger partial charge >= 0.3 is 17.1 Å². The maximum absolute atomic E-state index is 10.2. The summed E-state index contributed by atoms with van der Waals surface area (Å²) in [5.74, 6) is 0. The lowest BCUT2D eigenvalue weighted by Crippen LogP contribution is -2.34. The minimum absolute atomic E-state index is 0.802. The quantitative estimate of drug-likeness (QED) is 0.374. The molecule has 1 rings (SSSR count). The first-order chi connectivity index (χ1) is 4.18. The van der Waals surface area contributed by atoms with E-state index in [1.807, 2.05) is 0 Å². The molecular weight excluding hydrogens is 132 g/mol. The second-order valence-corrected chi connectivity index (χ2v) is 1.36. The Balaban J connectivity index is 3.72. The van der Waals surface area contributed by atoms with Crippen molar-refractivity contribution in [1.82, 2.24) is 15.0 Å². The fourth-order valence-corrected chi connectivity index (χ4v) is 0.403. The maximum atomic E-state index is 10.2. The zero-order valence-electron chi connectivity index (χ0n) is 4.22. The molecule has 0 radical (unpaired) electrons. The van der Waals surface area contributed by atoms with E-state index in [2.05, 4.69) is 0 Å². The number of rotatable bonds is 0. The fourth-order valence-electron chi connectivity index (χ4n) is 0.403. The molecule has 1 aromatic rings. The largest absolute Gasteiger partial charge is 0.330 e. The van der Waals surface area contributed by atoms with E-state index in [4.69, 9.17) is 0 Å². The highest BCUT2D eigenvalue weighted by Crippen LogP contribution is 1.29. The van der Waals surface area contributed by atoms with Crippen molar-refractivity contribution >= 4 is 0 Å². The van der Waals surface area contributed by atoms with Gasteiger partial charge in [0.15, 0.2) is 0 Å². The van der Waals surface area contributed by atoms with Crippen molar-refractivity contribution in [3.8, 4) is 0 Å². The lowest BCUT2D eigenvalue weighted by molar-refractivity contribution is 0.888. The van der Waals surface area contributed by atoms with Gasteiger partial charge in [0.1, 0.15) is 0 Å². The third kappa shape index (κ3) is 1.15. The highest BCUT2D eigenvalue weighted by atomic mass is 16.4. The summed E-state index contributed by atoms with van der Waals surface area (Å²) in [5, 5.41) is 0. The van der Waals surface area contributed by atoms with Gasteiger partial charge in [-0.1, -0.05) is 0 Å². The predicted octanol–water partition coefficient (Wildman–Crippen LogP) is -2.25. The zero-order chi connectivity index (χ0) is 6.85. The van der Waals surface area contributed by atoms with Crippen LogP contribution in [0.25, 0.3) is 0 Å². The molecule has 0 aliphatic rings. The van der Waals surface area contributed by atoms with Crippen LogP contribution < -0.4 is 17.1 Å². The third-order valence-corrected chi connectivity index (χ3v) is 0.681. The van der Waals surface area contributed by atoms with Crippen molar-refractivity contribution in [2.24, 2.45) is 0 Å². The minimum Gasteiger partial charge on any atom is -0.259 e. The van der Waals surface area contributed by atoms with Gasteiger partial charge < -0.3 is 0 Å². The molecule has 0 bridgehead atoms. The molecule has 48 valence electrons. The van der Waals surface area contributed by atoms with E-state index in [0.717, 1.165) is 0 Å². The molecule has 0 saturated heterocycles. The molecule has 0 aromatic carbocycles. The average Bonchev–Trinajstić information content (AvgIpc) is 1.59. The predicted molar refractivity (Wildman–Crippen MR) is 28.3 cm³/mol. The average molecular weight is 135 g/mol. The monoisotopic (exact) mass is 135 g/mol. The Morgan fingerprint density at radius 3 is 1.11 bits per heavy atom. The van der Waals surface area contributed by atoms with E-state index >= 15 is 0 Å². The van der Waals surface area contributed by atoms with Crippen molar-refractivity contribution in [2.45, 2.75) is 0 Å². The van der Waals surface area contributed by atoms with E-state index in [0.29, 0.717) is 0 Å². The van der Waals surface area contributed by atoms with Gasteiger partial charge in [-0.05, 0) is 0 Å². The number of H-pyrrole nitrogens is 3. The second kappa shape index (κ2) is 1.73. The van der Waals surface area contributed by atoms with Crippen molar-refractivity contribution in [1.29, 1.82) is 0 Å². The van der Waals surface area contributed by atoms with Crippen LogP contribution in [-0.2, 0) is 0 Å². The summed E-state index contributed by atoms with van der Waals surface area (Å²) in [6.07, 6.45) is 0. The first-order valence-electron chi connectivity index (χ1n) is 2.11. The Bertz CT molecular complexity index is 277. The molecule has 1 aromatic heterocycles. The van der Waals surface area contributed by atoms with Crippen LogP contribution in [0.1, 0.15) is 0 Å². The molecule has 0 saturated carbocycles. The number of aromatic nitrogens is 3. The van der Waals surface area contributed by atoms with Gasteiger partial charge in [-0.25, -0.2) is 14.4 Å². The normalized spacial score (nSPS) is 9.33. The number of hydrogen-bond acceptors (Lipinski definition) is 3. The maximum Gasteiger partial charge on any atom is 0.330 e. The van der Waals surface area contributed by atoms with Gasteiger partial charge in [-0.3, -0.25) is 15.0 Å². The standard InChI is InChI=1S/C3H3N3O3/c7-1-4-2(8)6-3(9)5-1/h(H3,4,5,6,7,8,9)/i1+2,2+2,3+2. The summed E-state index contributed by atoms with van der Waals surface area (Å²) in [6, 6.07) is 0. The molecular formula is C3H3N3O3. The summed E-state index contributed by atoms with van der Waals surface area (Å²) < 4.78 is 0. The van der Waals surface area contributed by atoms with Crippen molar-refractivity contribution < 1.29 is 0 Å². The molecule has 0 aliphatic carbocycles. The molecule has 0 aliphatic heterocycles. The Kier molecular flexibility index (Phi) is 1.07. The Morgan fingerprint density at radius 1 is 0.667 bits per heavy atom. The summed E-state index contributed by atoms with van der Waals surface area (Å²) >= 11 is 0. The molecule has 0 amide bonds. The van der Waals surface area contributed by atoms with Crippen LogP contribution in [0.5, 0.6) is 0 Å². The zero-order valence-corrected chi connectivity index (χ0v) is 4.22. The first kappa shape index (κ1) is 5.54. The molecule has 0 spiro atoms. The topological polar surface area (TPSA) is 98.6 Å². The Hall–Kier alpha value is -1.59. The number of aromatic amines is 3. The molecule has 6 heteroatoms. The van der Waals surface area contributed by atoms with Gasteiger partial charge in [0, 0.05) is 0 Å². The highest BCUT2D eigenvalue weighted by Gasteiger charge is 1.84. The molecule has 0 fully saturated rings. The van der Waals surface area contributed by atoms with Crippen molar-refractivity contribution in [3.05, 3.63) is 31.5 Å². The highest BCUT2D eigenvalue weighted by molar-refractivity contribution is 4.60. The van der Waals surface area contributed by atoms with Crippen LogP contribution in [0.2, 0.25) is 0 Å². The van der Waals surface area contributed by atoms with E-state index in [1.165, 1.54) is 0 Å². The lowest BCUT2D eigenvalue weighted by atomic mass is 12.3. The third-order valence-electron chi connectivity index (χ3n) is 0.681. The van der Waals surface area contributed by atoms with Crippen LogP contribution >= 0.6 is 0 Å². The summed E-state index contributed by atoms with van der Waals surface area (Å²) in [5.41, 5.74) is -2.41. The van der Waals surface area contributed by atoms with E-state index < -0.39 is 17.1 Å². The number of hydrogen-bond donors (Lipinski definition) is 3. The summed E-state index contributed by atoms with van der Waals surface area (Å²) in [4.78, 5) is 35.9. The van der Waals surface area contributed by atoms with E-state index in [9.17, 15) is 14.4 Å². The van der Waals surface area contributed by atoms with E-state index in [1.54, 1.807) is 15.0 Å². The van der Waals surface area contributed by atoms with Gasteiger partial charge in [0.2, 0.25) is 0 Å². The fraction of sp³-hybridized carbons (Fsp3) is 0. The molecule has 1 heterocycles. The van der Waals surface area contributed by atoms with Crippen LogP contribution in [0, 0.1) is 0 Å². The van der Waals surface area contributed by atoms with Crippen LogP contribution in [-0.4, -0.2) is 15.0 Å². The van der Waals surface area contributed by atoms with Crippen molar-refractivity contribution in [2.75, 3.05) is 0 Å². The SMILES string of the molecule is O=[14c]1[nH][14c](=O)[nH][14c](=O)[nH]1. The minimum atomic E-state index is -0.802. The summed E-state index contributed by atoms with van der Waals surface area (Å²) in [6.45, 7) is 0. The van der Waals surface area contributed by atoms with Crippen molar-refractivity contribution in [3.63, 3.8) is 0 Å². The molecule has 9 heavy (non-hydrogen) atoms. The molecule has 3 N–H and O–H groups in total. The van der Waals surface area contributed by atoms with Gasteiger partial charge in [0.25, 0.3) is 0 Å². The smallest absolute Gasteiger partial charge is 0.259 e. The second-order valence-electron chi connectivity index (χ2n) is 1.36. The summed E-state index contributed by atoms with van der Waals surface area (Å²) in [7, 11) is 0. The molecule has 0 unspecified atom stereocenters. The molecule has 0 atom stereocenters. The first-order valence-corrected chi connectivity index (χ1v) is 2.11. The van der Waals surface area contributed by atoms with E-state index in [-0.39, 0.29) is 0 Å². The van der Waals surface area contributed by atoms with Gasteiger partial charge in [-0.2, -0.15) is 0 Å². The number of nitrogens with one attached hydrogen (secondary N) is 3. The van der Waals surface area contributed by atoms with Gasteiger partial charge in [-0.15, -0.1) is 0 Å². The van der Waals surface area contributed by atoms with Crippen LogP contribution in [0.4, 0.5) is 0 Å².